The van der Waals surface area contributed by atoms with Crippen molar-refractivity contribution in [3.63, 3.8) is 0 Å². The summed E-state index contributed by atoms with van der Waals surface area (Å²) in [6, 6.07) is 0. The van der Waals surface area contributed by atoms with Crippen LogP contribution in [-0.4, -0.2) is 29.9 Å². The number of ketones is 1. The van der Waals surface area contributed by atoms with Gasteiger partial charge >= 0.3 is 5.97 Å². The summed E-state index contributed by atoms with van der Waals surface area (Å²) in [6.45, 7) is 4.07. The number of carbonyl (C=O) groups excluding carboxylic acids is 1. The van der Waals surface area contributed by atoms with Gasteiger partial charge in [-0.25, -0.2) is 0 Å². The molecule has 0 fully saturated rings. The van der Waals surface area contributed by atoms with Crippen molar-refractivity contribution in [2.45, 2.75) is 13.8 Å². The molecule has 0 bridgehead atoms. The predicted octanol–water partition coefficient (Wildman–Crippen LogP) is 0.307. The fourth-order valence-corrected chi connectivity index (χ4v) is 0.539. The Morgan fingerprint density at radius 2 is 2.00 bits per heavy atom. The normalized spacial score (nSPS) is 11.5. The van der Waals surface area contributed by atoms with Gasteiger partial charge < -0.3 is 10.4 Å². The number of rotatable bonds is 5. The number of hydrogen-bond donors (Lipinski definition) is 2. The summed E-state index contributed by atoms with van der Waals surface area (Å²) < 4.78 is 0. The number of carboxylic acid groups (broad SMARTS) is 1. The molecule has 72 valence electrons. The van der Waals surface area contributed by atoms with E-state index in [9.17, 15) is 9.59 Å². The lowest BCUT2D eigenvalue weighted by Crippen LogP contribution is -2.30. The van der Waals surface area contributed by atoms with Gasteiger partial charge in [-0.2, -0.15) is 0 Å². The topological polar surface area (TPSA) is 66.4 Å². The lowest BCUT2D eigenvalue weighted by molar-refractivity contribution is -0.145. The third-order valence-corrected chi connectivity index (χ3v) is 1.40. The van der Waals surface area contributed by atoms with Gasteiger partial charge in [0.25, 0.3) is 0 Å². The smallest absolute Gasteiger partial charge is 0.313 e. The molecule has 0 saturated carbocycles. The number of hydrogen-bond acceptors (Lipinski definition) is 3. The molecule has 1 atom stereocenters. The van der Waals surface area contributed by atoms with E-state index in [4.69, 9.17) is 5.11 Å². The van der Waals surface area contributed by atoms with Crippen molar-refractivity contribution in [2.75, 3.05) is 13.1 Å². The molecule has 0 saturated heterocycles. The first-order chi connectivity index (χ1) is 5.09. The molecule has 1 unspecified atom stereocenters. The second kappa shape index (κ2) is 7.06. The molecule has 0 aromatic heterocycles. The van der Waals surface area contributed by atoms with Gasteiger partial charge in [0, 0.05) is 0 Å². The Kier molecular flexibility index (Phi) is 8.21. The van der Waals surface area contributed by atoms with Gasteiger partial charge in [-0.15, -0.1) is 12.4 Å². The number of likely N-dealkylation sites (N-methyl/N-ethyl adjacent to an activating group) is 1. The summed E-state index contributed by atoms with van der Waals surface area (Å²) in [4.78, 5) is 21.2. The standard InChI is InChI=1S/C7H13NO3.ClH/c1-3-8-4-6(9)5(2)7(10)11;/h5,8H,3-4H2,1-2H3,(H,10,11);1H. The van der Waals surface area contributed by atoms with Gasteiger partial charge in [-0.05, 0) is 13.5 Å². The molecule has 0 radical (unpaired) electrons. The van der Waals surface area contributed by atoms with E-state index in [2.05, 4.69) is 5.32 Å². The Labute approximate surface area is 77.7 Å². The highest BCUT2D eigenvalue weighted by molar-refractivity contribution is 5.98. The zero-order valence-electron chi connectivity index (χ0n) is 7.16. The first-order valence-electron chi connectivity index (χ1n) is 3.55. The van der Waals surface area contributed by atoms with Crippen molar-refractivity contribution in [2.24, 2.45) is 5.92 Å². The number of nitrogens with one attached hydrogen (secondary N) is 1. The van der Waals surface area contributed by atoms with Crippen LogP contribution in [0.4, 0.5) is 0 Å². The molecule has 0 aliphatic carbocycles. The van der Waals surface area contributed by atoms with Gasteiger partial charge in [0.15, 0.2) is 5.78 Å². The van der Waals surface area contributed by atoms with Gasteiger partial charge in [0.05, 0.1) is 6.54 Å². The molecule has 5 heteroatoms. The maximum atomic E-state index is 10.9. The van der Waals surface area contributed by atoms with Crippen molar-refractivity contribution in [3.8, 4) is 0 Å². The molecule has 0 aliphatic heterocycles. The van der Waals surface area contributed by atoms with Crippen LogP contribution in [0.1, 0.15) is 13.8 Å². The van der Waals surface area contributed by atoms with E-state index in [0.29, 0.717) is 6.54 Å². The molecular weight excluding hydrogens is 182 g/mol. The summed E-state index contributed by atoms with van der Waals surface area (Å²) in [6.07, 6.45) is 0. The Hall–Kier alpha value is -0.610. The van der Waals surface area contributed by atoms with Crippen LogP contribution < -0.4 is 5.32 Å². The van der Waals surface area contributed by atoms with Crippen LogP contribution in [0.25, 0.3) is 0 Å². The first kappa shape index (κ1) is 13.9. The average Bonchev–Trinajstić information content (AvgIpc) is 1.98. The third kappa shape index (κ3) is 5.09. The number of aliphatic carboxylic acids is 1. The molecule has 4 nitrogen and oxygen atoms in total. The van der Waals surface area contributed by atoms with Crippen LogP contribution in [0, 0.1) is 5.92 Å². The maximum absolute atomic E-state index is 10.9. The van der Waals surface area contributed by atoms with Gasteiger partial charge in [0.2, 0.25) is 0 Å². The zero-order valence-corrected chi connectivity index (χ0v) is 7.98. The Morgan fingerprint density at radius 1 is 1.50 bits per heavy atom. The predicted molar refractivity (Wildman–Crippen MR) is 47.6 cm³/mol. The van der Waals surface area contributed by atoms with Crippen LogP contribution in [0.15, 0.2) is 0 Å². The van der Waals surface area contributed by atoms with Crippen molar-refractivity contribution >= 4 is 24.2 Å². The fourth-order valence-electron chi connectivity index (χ4n) is 0.539. The highest BCUT2D eigenvalue weighted by Crippen LogP contribution is 1.94. The molecule has 0 spiro atoms. The van der Waals surface area contributed by atoms with Crippen molar-refractivity contribution in [3.05, 3.63) is 0 Å². The van der Waals surface area contributed by atoms with Gasteiger partial charge in [0.1, 0.15) is 5.92 Å². The van der Waals surface area contributed by atoms with Crippen LogP contribution in [0.5, 0.6) is 0 Å². The van der Waals surface area contributed by atoms with Crippen molar-refractivity contribution < 1.29 is 14.7 Å². The van der Waals surface area contributed by atoms with E-state index in [1.54, 1.807) is 0 Å². The zero-order chi connectivity index (χ0) is 8.85. The Bertz CT molecular complexity index is 161. The SMILES string of the molecule is CCNCC(=O)C(C)C(=O)O.Cl. The summed E-state index contributed by atoms with van der Waals surface area (Å²) in [5.74, 6) is -2.23. The number of Topliss-reactive ketones (excluding diaryl/α,β-unsaturated/α-hetero) is 1. The molecule has 0 amide bonds. The van der Waals surface area contributed by atoms with Gasteiger partial charge in [-0.1, -0.05) is 6.92 Å². The molecule has 0 aromatic rings. The summed E-state index contributed by atoms with van der Waals surface area (Å²) in [5, 5.41) is 11.2. The molecule has 0 heterocycles. The number of carbonyl (C=O) groups is 2. The summed E-state index contributed by atoms with van der Waals surface area (Å²) in [5.41, 5.74) is 0. The van der Waals surface area contributed by atoms with E-state index in [-0.39, 0.29) is 24.7 Å². The highest BCUT2D eigenvalue weighted by atomic mass is 35.5. The highest BCUT2D eigenvalue weighted by Gasteiger charge is 2.18. The second-order valence-electron chi connectivity index (χ2n) is 2.31. The van der Waals surface area contributed by atoms with E-state index in [1.807, 2.05) is 6.92 Å². The second-order valence-corrected chi connectivity index (χ2v) is 2.31. The van der Waals surface area contributed by atoms with Crippen LogP contribution in [0.3, 0.4) is 0 Å². The van der Waals surface area contributed by atoms with Gasteiger partial charge in [-0.3, -0.25) is 9.59 Å². The largest absolute Gasteiger partial charge is 0.481 e. The number of halogens is 1. The molecule has 0 aliphatic rings. The monoisotopic (exact) mass is 195 g/mol. The lowest BCUT2D eigenvalue weighted by atomic mass is 10.1. The minimum Gasteiger partial charge on any atom is -0.481 e. The summed E-state index contributed by atoms with van der Waals surface area (Å²) in [7, 11) is 0. The lowest BCUT2D eigenvalue weighted by Gasteiger charge is -2.04. The van der Waals surface area contributed by atoms with Crippen molar-refractivity contribution in [1.29, 1.82) is 0 Å². The Balaban J connectivity index is 0. The van der Waals surface area contributed by atoms with Crippen LogP contribution >= 0.6 is 12.4 Å². The molecular formula is C7H14ClNO3. The molecule has 0 aromatic carbocycles. The van der Waals surface area contributed by atoms with Crippen molar-refractivity contribution in [1.82, 2.24) is 5.32 Å². The van der Waals surface area contributed by atoms with E-state index >= 15 is 0 Å². The quantitative estimate of drug-likeness (QED) is 0.620. The van der Waals surface area contributed by atoms with E-state index < -0.39 is 11.9 Å². The Morgan fingerprint density at radius 3 is 2.33 bits per heavy atom. The average molecular weight is 196 g/mol. The van der Waals surface area contributed by atoms with Crippen LogP contribution in [-0.2, 0) is 9.59 Å². The fraction of sp³-hybridized carbons (Fsp3) is 0.714. The number of carboxylic acids is 1. The third-order valence-electron chi connectivity index (χ3n) is 1.40. The molecule has 2 N–H and O–H groups in total. The van der Waals surface area contributed by atoms with E-state index in [0.717, 1.165) is 0 Å². The minimum atomic E-state index is -1.06. The minimum absolute atomic E-state index is 0. The van der Waals surface area contributed by atoms with Crippen LogP contribution in [0.2, 0.25) is 0 Å². The molecule has 0 rings (SSSR count). The molecule has 12 heavy (non-hydrogen) atoms. The maximum Gasteiger partial charge on any atom is 0.313 e. The first-order valence-corrected chi connectivity index (χ1v) is 3.55. The van der Waals surface area contributed by atoms with E-state index in [1.165, 1.54) is 6.92 Å². The summed E-state index contributed by atoms with van der Waals surface area (Å²) >= 11 is 0.